The van der Waals surface area contributed by atoms with Gasteiger partial charge in [0.2, 0.25) is 5.56 Å². The van der Waals surface area contributed by atoms with Crippen LogP contribution in [0, 0.1) is 0 Å². The summed E-state index contributed by atoms with van der Waals surface area (Å²) in [7, 11) is -4.08. The zero-order valence-electron chi connectivity index (χ0n) is 16.0. The first-order valence-electron chi connectivity index (χ1n) is 8.95. The first kappa shape index (κ1) is 21.7. The lowest BCUT2D eigenvalue weighted by atomic mass is 10.1. The minimum Gasteiger partial charge on any atom is -0.322 e. The number of nitrogens with zero attached hydrogens (tertiary/aromatic N) is 1. The number of H-pyrrole nitrogens is 1. The van der Waals surface area contributed by atoms with Crippen LogP contribution < -0.4 is 21.0 Å². The Morgan fingerprint density at radius 3 is 2.53 bits per heavy atom. The van der Waals surface area contributed by atoms with E-state index in [0.29, 0.717) is 10.9 Å². The number of fused-ring (bicyclic) bond motifs is 1. The quantitative estimate of drug-likeness (QED) is 0.403. The van der Waals surface area contributed by atoms with Gasteiger partial charge in [0, 0.05) is 11.5 Å². The SMILES string of the molecule is O=C(Nc1ccc(-c2cc(=O)[nH]c3ccccc3c2=O)nc1)NS(=O)(=O)c1ccc(Cl)s1. The molecule has 0 atom stereocenters. The number of amides is 2. The molecule has 32 heavy (non-hydrogen) atoms. The average molecular weight is 489 g/mol. The maximum Gasteiger partial charge on any atom is 0.333 e. The molecule has 0 unspecified atom stereocenters. The number of aromatic nitrogens is 2. The Morgan fingerprint density at radius 2 is 1.84 bits per heavy atom. The van der Waals surface area contributed by atoms with Crippen LogP contribution in [-0.4, -0.2) is 24.4 Å². The molecule has 3 heterocycles. The van der Waals surface area contributed by atoms with Crippen LogP contribution >= 0.6 is 22.9 Å². The molecule has 9 nitrogen and oxygen atoms in total. The number of carbonyl (C=O) groups is 1. The van der Waals surface area contributed by atoms with Gasteiger partial charge in [-0.15, -0.1) is 11.3 Å². The van der Waals surface area contributed by atoms with E-state index in [-0.39, 0.29) is 30.9 Å². The Balaban J connectivity index is 1.58. The van der Waals surface area contributed by atoms with Gasteiger partial charge in [-0.1, -0.05) is 23.7 Å². The standard InChI is InChI=1S/C20H13ClN4O5S2/c21-16-7-8-18(31-16)32(29,30)25-20(28)23-11-5-6-14(22-10-11)13-9-17(26)24-15-4-2-1-3-12(15)19(13)27/h1-10H,(H,24,26)(H2,23,25,28). The van der Waals surface area contributed by atoms with E-state index in [0.717, 1.165) is 17.4 Å². The molecule has 2 amide bonds. The summed E-state index contributed by atoms with van der Waals surface area (Å²) in [5, 5.41) is 2.67. The second-order valence-electron chi connectivity index (χ2n) is 6.47. The summed E-state index contributed by atoms with van der Waals surface area (Å²) in [5.74, 6) is 0. The Hall–Kier alpha value is -3.54. The molecule has 162 valence electrons. The highest BCUT2D eigenvalue weighted by atomic mass is 35.5. The molecule has 0 saturated carbocycles. The van der Waals surface area contributed by atoms with Crippen molar-refractivity contribution in [2.45, 2.75) is 4.21 Å². The molecule has 0 spiro atoms. The maximum absolute atomic E-state index is 12.9. The second kappa shape index (κ2) is 8.54. The van der Waals surface area contributed by atoms with Crippen molar-refractivity contribution >= 4 is 55.6 Å². The topological polar surface area (TPSA) is 138 Å². The zero-order valence-corrected chi connectivity index (χ0v) is 18.3. The molecule has 4 rings (SSSR count). The fourth-order valence-electron chi connectivity index (χ4n) is 2.89. The van der Waals surface area contributed by atoms with Gasteiger partial charge in [-0.25, -0.2) is 17.9 Å². The van der Waals surface area contributed by atoms with Crippen LogP contribution in [0.2, 0.25) is 4.34 Å². The van der Waals surface area contributed by atoms with Crippen LogP contribution in [0.3, 0.4) is 0 Å². The van der Waals surface area contributed by atoms with Crippen LogP contribution in [0.15, 0.2) is 74.6 Å². The normalized spacial score (nSPS) is 11.3. The Bertz CT molecular complexity index is 1560. The van der Waals surface area contributed by atoms with E-state index < -0.39 is 21.6 Å². The van der Waals surface area contributed by atoms with Crippen molar-refractivity contribution in [2.75, 3.05) is 5.32 Å². The third-order valence-corrected chi connectivity index (χ3v) is 7.34. The molecule has 3 N–H and O–H groups in total. The number of benzene rings is 1. The van der Waals surface area contributed by atoms with E-state index in [1.807, 2.05) is 4.72 Å². The number of carbonyl (C=O) groups excluding carboxylic acids is 1. The maximum atomic E-state index is 12.9. The molecule has 3 aromatic heterocycles. The minimum atomic E-state index is -4.08. The largest absolute Gasteiger partial charge is 0.333 e. The summed E-state index contributed by atoms with van der Waals surface area (Å²) in [4.78, 5) is 43.9. The third kappa shape index (κ3) is 4.54. The number of hydrogen-bond donors (Lipinski definition) is 3. The van der Waals surface area contributed by atoms with Crippen molar-refractivity contribution in [3.63, 3.8) is 0 Å². The average Bonchev–Trinajstić information content (AvgIpc) is 3.14. The van der Waals surface area contributed by atoms with Crippen molar-refractivity contribution in [2.24, 2.45) is 0 Å². The number of sulfonamides is 1. The van der Waals surface area contributed by atoms with Crippen LogP contribution in [0.4, 0.5) is 10.5 Å². The summed E-state index contributed by atoms with van der Waals surface area (Å²) >= 11 is 6.54. The zero-order chi connectivity index (χ0) is 22.9. The van der Waals surface area contributed by atoms with Gasteiger partial charge in [0.1, 0.15) is 4.21 Å². The highest BCUT2D eigenvalue weighted by Gasteiger charge is 2.20. The predicted molar refractivity (Wildman–Crippen MR) is 123 cm³/mol. The summed E-state index contributed by atoms with van der Waals surface area (Å²) in [6.07, 6.45) is 1.24. The highest BCUT2D eigenvalue weighted by Crippen LogP contribution is 2.25. The molecule has 1 aromatic carbocycles. The summed E-state index contributed by atoms with van der Waals surface area (Å²) < 4.78 is 26.4. The molecule has 0 saturated heterocycles. The highest BCUT2D eigenvalue weighted by molar-refractivity contribution is 7.92. The molecule has 4 aromatic rings. The van der Waals surface area contributed by atoms with Crippen molar-refractivity contribution in [3.05, 3.63) is 85.7 Å². The Kier molecular flexibility index (Phi) is 5.78. The van der Waals surface area contributed by atoms with Gasteiger partial charge >= 0.3 is 6.03 Å². The lowest BCUT2D eigenvalue weighted by Crippen LogP contribution is -2.33. The van der Waals surface area contributed by atoms with Crippen LogP contribution in [-0.2, 0) is 10.0 Å². The van der Waals surface area contributed by atoms with Crippen molar-refractivity contribution < 1.29 is 13.2 Å². The molecule has 0 aliphatic carbocycles. The summed E-state index contributed by atoms with van der Waals surface area (Å²) in [6.45, 7) is 0. The first-order valence-corrected chi connectivity index (χ1v) is 11.6. The van der Waals surface area contributed by atoms with Crippen LogP contribution in [0.5, 0.6) is 0 Å². The number of pyridine rings is 1. The number of hydrogen-bond acceptors (Lipinski definition) is 7. The fourth-order valence-corrected chi connectivity index (χ4v) is 5.28. The molecular weight excluding hydrogens is 476 g/mol. The number of anilines is 1. The van der Waals surface area contributed by atoms with Crippen molar-refractivity contribution in [1.82, 2.24) is 14.7 Å². The van der Waals surface area contributed by atoms with Gasteiger partial charge < -0.3 is 10.3 Å². The van der Waals surface area contributed by atoms with E-state index in [4.69, 9.17) is 11.6 Å². The van der Waals surface area contributed by atoms with Crippen LogP contribution in [0.25, 0.3) is 22.2 Å². The number of urea groups is 1. The van der Waals surface area contributed by atoms with E-state index in [1.54, 1.807) is 24.3 Å². The van der Waals surface area contributed by atoms with Gasteiger partial charge in [0.15, 0.2) is 5.43 Å². The molecule has 0 aliphatic rings. The molecule has 0 aliphatic heterocycles. The monoisotopic (exact) mass is 488 g/mol. The Labute approximate surface area is 189 Å². The number of nitrogens with one attached hydrogen (secondary N) is 3. The van der Waals surface area contributed by atoms with Gasteiger partial charge in [0.25, 0.3) is 10.0 Å². The number of para-hydroxylation sites is 1. The fraction of sp³-hybridized carbons (Fsp3) is 0. The number of thiophene rings is 1. The lowest BCUT2D eigenvalue weighted by Gasteiger charge is -2.07. The van der Waals surface area contributed by atoms with Gasteiger partial charge in [-0.05, 0) is 36.4 Å². The summed E-state index contributed by atoms with van der Waals surface area (Å²) in [6, 6.07) is 12.3. The van der Waals surface area contributed by atoms with Gasteiger partial charge in [-0.2, -0.15) is 0 Å². The van der Waals surface area contributed by atoms with Crippen LogP contribution in [0.1, 0.15) is 0 Å². The number of halogens is 1. The summed E-state index contributed by atoms with van der Waals surface area (Å²) in [5.41, 5.74) is 0.0227. The van der Waals surface area contributed by atoms with Crippen molar-refractivity contribution in [1.29, 1.82) is 0 Å². The Morgan fingerprint density at radius 1 is 1.06 bits per heavy atom. The predicted octanol–water partition coefficient (Wildman–Crippen LogP) is 3.18. The minimum absolute atomic E-state index is 0.0839. The second-order valence-corrected chi connectivity index (χ2v) is 10.1. The van der Waals surface area contributed by atoms with E-state index in [1.165, 1.54) is 30.5 Å². The molecular formula is C20H13ClN4O5S2. The smallest absolute Gasteiger partial charge is 0.322 e. The van der Waals surface area contributed by atoms with Crippen molar-refractivity contribution in [3.8, 4) is 11.3 Å². The third-order valence-electron chi connectivity index (χ3n) is 4.29. The van der Waals surface area contributed by atoms with E-state index in [2.05, 4.69) is 15.3 Å². The molecule has 0 radical (unpaired) electrons. The molecule has 0 fully saturated rings. The molecule has 0 bridgehead atoms. The number of aromatic amines is 1. The van der Waals surface area contributed by atoms with Gasteiger partial charge in [0.05, 0.1) is 33.0 Å². The molecule has 12 heteroatoms. The lowest BCUT2D eigenvalue weighted by molar-refractivity contribution is 0.256. The van der Waals surface area contributed by atoms with E-state index >= 15 is 0 Å². The first-order chi connectivity index (χ1) is 15.2. The number of rotatable bonds is 4. The van der Waals surface area contributed by atoms with E-state index in [9.17, 15) is 22.8 Å². The van der Waals surface area contributed by atoms with Gasteiger partial charge in [-0.3, -0.25) is 14.6 Å².